The Morgan fingerprint density at radius 3 is 2.80 bits per heavy atom. The predicted octanol–water partition coefficient (Wildman–Crippen LogP) is 3.69. The van der Waals surface area contributed by atoms with Crippen LogP contribution in [-0.2, 0) is 9.53 Å². The Kier molecular flexibility index (Phi) is 5.74. The molecular formula is C13H24O2. The molecule has 0 aromatic heterocycles. The zero-order chi connectivity index (χ0) is 11.1. The van der Waals surface area contributed by atoms with Crippen molar-refractivity contribution in [3.63, 3.8) is 0 Å². The smallest absolute Gasteiger partial charge is 0.306 e. The van der Waals surface area contributed by atoms with Gasteiger partial charge in [-0.3, -0.25) is 4.79 Å². The summed E-state index contributed by atoms with van der Waals surface area (Å²) < 4.78 is 5.17. The molecule has 1 rings (SSSR count). The summed E-state index contributed by atoms with van der Waals surface area (Å²) in [5.74, 6) is 0.869. The molecule has 1 aliphatic rings. The van der Waals surface area contributed by atoms with Crippen LogP contribution >= 0.6 is 0 Å². The molecule has 0 saturated carbocycles. The van der Waals surface area contributed by atoms with Gasteiger partial charge in [0, 0.05) is 6.42 Å². The second-order valence-corrected chi connectivity index (χ2v) is 4.80. The molecule has 0 N–H and O–H groups in total. The molecule has 0 bridgehead atoms. The summed E-state index contributed by atoms with van der Waals surface area (Å²) in [6.45, 7) is 4.57. The van der Waals surface area contributed by atoms with Gasteiger partial charge in [0.15, 0.2) is 0 Å². The molecule has 0 radical (unpaired) electrons. The number of carbonyl (C=O) groups is 1. The van der Waals surface area contributed by atoms with Gasteiger partial charge in [-0.25, -0.2) is 0 Å². The predicted molar refractivity (Wildman–Crippen MR) is 61.7 cm³/mol. The molecule has 0 spiro atoms. The SMILES string of the molecule is CCC(C)CCCCCC1CCC(=O)O1. The lowest BCUT2D eigenvalue weighted by atomic mass is 9.99. The Balaban J connectivity index is 1.91. The van der Waals surface area contributed by atoms with Crippen molar-refractivity contribution in [2.45, 2.75) is 71.3 Å². The third-order valence-corrected chi connectivity index (χ3v) is 3.39. The lowest BCUT2D eigenvalue weighted by Gasteiger charge is -2.10. The first-order valence-electron chi connectivity index (χ1n) is 6.41. The molecule has 15 heavy (non-hydrogen) atoms. The Morgan fingerprint density at radius 2 is 2.20 bits per heavy atom. The van der Waals surface area contributed by atoms with Crippen LogP contribution in [0.25, 0.3) is 0 Å². The van der Waals surface area contributed by atoms with Crippen LogP contribution in [-0.4, -0.2) is 12.1 Å². The summed E-state index contributed by atoms with van der Waals surface area (Å²) in [7, 11) is 0. The number of cyclic esters (lactones) is 1. The molecule has 0 aromatic carbocycles. The minimum absolute atomic E-state index is 0.000366. The van der Waals surface area contributed by atoms with E-state index in [-0.39, 0.29) is 12.1 Å². The van der Waals surface area contributed by atoms with Gasteiger partial charge in [-0.2, -0.15) is 0 Å². The molecule has 0 amide bonds. The normalized spacial score (nSPS) is 22.8. The zero-order valence-corrected chi connectivity index (χ0v) is 10.1. The molecule has 1 fully saturated rings. The average molecular weight is 212 g/mol. The maximum Gasteiger partial charge on any atom is 0.306 e. The standard InChI is InChI=1S/C13H24O2/c1-3-11(2)7-5-4-6-8-12-9-10-13(14)15-12/h11-12H,3-10H2,1-2H3. The van der Waals surface area contributed by atoms with E-state index in [0.29, 0.717) is 6.42 Å². The minimum Gasteiger partial charge on any atom is -0.462 e. The average Bonchev–Trinajstić information content (AvgIpc) is 2.63. The van der Waals surface area contributed by atoms with E-state index < -0.39 is 0 Å². The van der Waals surface area contributed by atoms with E-state index >= 15 is 0 Å². The number of ether oxygens (including phenoxy) is 1. The number of esters is 1. The van der Waals surface area contributed by atoms with E-state index in [1.807, 2.05) is 0 Å². The molecule has 88 valence electrons. The second kappa shape index (κ2) is 6.86. The Morgan fingerprint density at radius 1 is 1.40 bits per heavy atom. The van der Waals surface area contributed by atoms with E-state index in [1.165, 1.54) is 32.1 Å². The van der Waals surface area contributed by atoms with Gasteiger partial charge in [0.2, 0.25) is 0 Å². The summed E-state index contributed by atoms with van der Waals surface area (Å²) in [5.41, 5.74) is 0. The highest BCUT2D eigenvalue weighted by molar-refractivity contribution is 5.71. The lowest BCUT2D eigenvalue weighted by Crippen LogP contribution is -2.06. The summed E-state index contributed by atoms with van der Waals surface area (Å²) in [6.07, 6.45) is 9.37. The van der Waals surface area contributed by atoms with E-state index in [1.54, 1.807) is 0 Å². The number of carbonyl (C=O) groups excluding carboxylic acids is 1. The second-order valence-electron chi connectivity index (χ2n) is 4.80. The number of hydrogen-bond acceptors (Lipinski definition) is 2. The van der Waals surface area contributed by atoms with Gasteiger partial charge in [-0.1, -0.05) is 39.5 Å². The van der Waals surface area contributed by atoms with Crippen LogP contribution < -0.4 is 0 Å². The molecule has 1 heterocycles. The topological polar surface area (TPSA) is 26.3 Å². The van der Waals surface area contributed by atoms with E-state index in [0.717, 1.165) is 18.8 Å². The van der Waals surface area contributed by atoms with Crippen LogP contribution in [0.2, 0.25) is 0 Å². The van der Waals surface area contributed by atoms with Gasteiger partial charge >= 0.3 is 5.97 Å². The molecule has 0 aromatic rings. The third kappa shape index (κ3) is 5.19. The summed E-state index contributed by atoms with van der Waals surface area (Å²) >= 11 is 0. The summed E-state index contributed by atoms with van der Waals surface area (Å²) in [5, 5.41) is 0. The molecule has 1 aliphatic heterocycles. The highest BCUT2D eigenvalue weighted by atomic mass is 16.5. The van der Waals surface area contributed by atoms with Gasteiger partial charge in [0.05, 0.1) is 0 Å². The number of unbranched alkanes of at least 4 members (excludes halogenated alkanes) is 2. The quantitative estimate of drug-likeness (QED) is 0.475. The zero-order valence-electron chi connectivity index (χ0n) is 10.1. The molecule has 2 heteroatoms. The first kappa shape index (κ1) is 12.5. The van der Waals surface area contributed by atoms with Gasteiger partial charge in [0.25, 0.3) is 0 Å². The van der Waals surface area contributed by atoms with Crippen molar-refractivity contribution in [1.29, 1.82) is 0 Å². The first-order chi connectivity index (χ1) is 7.22. The van der Waals surface area contributed by atoms with Crippen molar-refractivity contribution in [2.75, 3.05) is 0 Å². The van der Waals surface area contributed by atoms with Crippen molar-refractivity contribution in [3.05, 3.63) is 0 Å². The molecular weight excluding hydrogens is 188 g/mol. The monoisotopic (exact) mass is 212 g/mol. The number of hydrogen-bond donors (Lipinski definition) is 0. The Bertz CT molecular complexity index is 189. The lowest BCUT2D eigenvalue weighted by molar-refractivity contribution is -0.141. The minimum atomic E-state index is -0.000366. The van der Waals surface area contributed by atoms with Gasteiger partial charge in [-0.15, -0.1) is 0 Å². The highest BCUT2D eigenvalue weighted by Gasteiger charge is 2.22. The maximum absolute atomic E-state index is 10.8. The molecule has 1 saturated heterocycles. The Hall–Kier alpha value is -0.530. The first-order valence-corrected chi connectivity index (χ1v) is 6.41. The van der Waals surface area contributed by atoms with Crippen LogP contribution in [0.3, 0.4) is 0 Å². The molecule has 2 atom stereocenters. The number of rotatable bonds is 7. The van der Waals surface area contributed by atoms with Gasteiger partial charge < -0.3 is 4.74 Å². The van der Waals surface area contributed by atoms with Crippen molar-refractivity contribution in [1.82, 2.24) is 0 Å². The van der Waals surface area contributed by atoms with Crippen LogP contribution in [0.15, 0.2) is 0 Å². The van der Waals surface area contributed by atoms with Gasteiger partial charge in [0.1, 0.15) is 6.10 Å². The third-order valence-electron chi connectivity index (χ3n) is 3.39. The van der Waals surface area contributed by atoms with Crippen molar-refractivity contribution in [3.8, 4) is 0 Å². The fraction of sp³-hybridized carbons (Fsp3) is 0.923. The van der Waals surface area contributed by atoms with E-state index in [9.17, 15) is 4.79 Å². The van der Waals surface area contributed by atoms with Crippen molar-refractivity contribution in [2.24, 2.45) is 5.92 Å². The summed E-state index contributed by atoms with van der Waals surface area (Å²) in [6, 6.07) is 0. The Labute approximate surface area is 93.4 Å². The van der Waals surface area contributed by atoms with Crippen LogP contribution in [0.4, 0.5) is 0 Å². The largest absolute Gasteiger partial charge is 0.462 e. The van der Waals surface area contributed by atoms with Gasteiger partial charge in [-0.05, 0) is 25.2 Å². The maximum atomic E-state index is 10.8. The highest BCUT2D eigenvalue weighted by Crippen LogP contribution is 2.20. The van der Waals surface area contributed by atoms with Crippen LogP contribution in [0.1, 0.15) is 65.2 Å². The molecule has 2 unspecified atom stereocenters. The van der Waals surface area contributed by atoms with Crippen molar-refractivity contribution >= 4 is 5.97 Å². The van der Waals surface area contributed by atoms with E-state index in [4.69, 9.17) is 4.74 Å². The fourth-order valence-electron chi connectivity index (χ4n) is 2.03. The fourth-order valence-corrected chi connectivity index (χ4v) is 2.03. The molecule has 2 nitrogen and oxygen atoms in total. The van der Waals surface area contributed by atoms with E-state index in [2.05, 4.69) is 13.8 Å². The van der Waals surface area contributed by atoms with Crippen molar-refractivity contribution < 1.29 is 9.53 Å². The molecule has 0 aliphatic carbocycles. The van der Waals surface area contributed by atoms with Crippen LogP contribution in [0, 0.1) is 5.92 Å². The van der Waals surface area contributed by atoms with Crippen LogP contribution in [0.5, 0.6) is 0 Å². The summed E-state index contributed by atoms with van der Waals surface area (Å²) in [4.78, 5) is 10.8.